The van der Waals surface area contributed by atoms with Crippen molar-refractivity contribution in [1.82, 2.24) is 0 Å². The van der Waals surface area contributed by atoms with E-state index < -0.39 is 9.84 Å². The minimum atomic E-state index is -3.07. The van der Waals surface area contributed by atoms with E-state index in [0.29, 0.717) is 10.9 Å². The number of sulfone groups is 1. The maximum atomic E-state index is 12.0. The van der Waals surface area contributed by atoms with Crippen molar-refractivity contribution >= 4 is 38.4 Å². The van der Waals surface area contributed by atoms with Crippen LogP contribution >= 0.6 is 11.8 Å². The Morgan fingerprint density at radius 2 is 1.74 bits per heavy atom. The lowest BCUT2D eigenvalue weighted by molar-refractivity contribution is -0.115. The number of ether oxygens (including phenoxy) is 1. The second-order valence-corrected chi connectivity index (χ2v) is 9.85. The molecule has 6 nitrogen and oxygen atoms in total. The summed E-state index contributed by atoms with van der Waals surface area (Å²) in [5.74, 6) is 1.31. The van der Waals surface area contributed by atoms with Crippen LogP contribution in [0.4, 0.5) is 5.69 Å². The number of thioether (sulfide) groups is 1. The van der Waals surface area contributed by atoms with Gasteiger partial charge in [0.25, 0.3) is 0 Å². The second kappa shape index (κ2) is 7.01. The third kappa shape index (κ3) is 3.86. The Hall–Kier alpha value is -2.32. The summed E-state index contributed by atoms with van der Waals surface area (Å²) in [5.41, 5.74) is 0.799. The van der Waals surface area contributed by atoms with Crippen molar-refractivity contribution in [3.05, 3.63) is 54.6 Å². The fourth-order valence-electron chi connectivity index (χ4n) is 3.30. The number of carbonyl (C=O) groups excluding carboxylic acids is 1. The highest BCUT2D eigenvalue weighted by Crippen LogP contribution is 2.41. The summed E-state index contributed by atoms with van der Waals surface area (Å²) in [5, 5.41) is 0.456. The first-order chi connectivity index (χ1) is 12.9. The molecule has 8 heteroatoms. The largest absolute Gasteiger partial charge is 0.457 e. The lowest BCUT2D eigenvalue weighted by Crippen LogP contribution is -2.37. The number of hydrogen-bond acceptors (Lipinski definition) is 5. The number of rotatable bonds is 3. The first kappa shape index (κ1) is 18.1. The number of amidine groups is 1. The predicted molar refractivity (Wildman–Crippen MR) is 107 cm³/mol. The molecule has 2 saturated heterocycles. The van der Waals surface area contributed by atoms with Crippen molar-refractivity contribution in [2.24, 2.45) is 4.99 Å². The van der Waals surface area contributed by atoms with Crippen LogP contribution < -0.4 is 9.64 Å². The zero-order chi connectivity index (χ0) is 19.0. The molecule has 1 amide bonds. The molecule has 27 heavy (non-hydrogen) atoms. The molecular weight excluding hydrogens is 384 g/mol. The molecule has 0 aromatic heterocycles. The standard InChI is InChI=1S/C19H18N2O4S2/c1-13(22)20-19-21(17-11-27(23,24)12-18(17)26-19)14-7-9-16(10-8-14)25-15-5-3-2-4-6-15/h2-10,17-18H,11-12H2,1H3/t17-,18+/m0/s1. The molecule has 0 aliphatic carbocycles. The Balaban J connectivity index is 1.62. The van der Waals surface area contributed by atoms with Crippen molar-refractivity contribution in [2.75, 3.05) is 16.4 Å². The summed E-state index contributed by atoms with van der Waals surface area (Å²) in [4.78, 5) is 17.5. The zero-order valence-corrected chi connectivity index (χ0v) is 16.2. The fraction of sp³-hybridized carbons (Fsp3) is 0.263. The van der Waals surface area contributed by atoms with Gasteiger partial charge in [-0.15, -0.1) is 0 Å². The number of aliphatic imine (C=N–C) groups is 1. The van der Waals surface area contributed by atoms with Gasteiger partial charge in [-0.1, -0.05) is 30.0 Å². The number of benzene rings is 2. The molecule has 2 atom stereocenters. The van der Waals surface area contributed by atoms with Crippen molar-refractivity contribution in [3.63, 3.8) is 0 Å². The Kier molecular flexibility index (Phi) is 4.69. The van der Waals surface area contributed by atoms with Gasteiger partial charge in [-0.3, -0.25) is 4.79 Å². The van der Waals surface area contributed by atoms with E-state index in [9.17, 15) is 13.2 Å². The normalized spacial score (nSPS) is 24.8. The molecule has 2 heterocycles. The van der Waals surface area contributed by atoms with E-state index in [2.05, 4.69) is 4.99 Å². The Morgan fingerprint density at radius 1 is 1.07 bits per heavy atom. The maximum absolute atomic E-state index is 12.0. The molecule has 2 aliphatic heterocycles. The lowest BCUT2D eigenvalue weighted by Gasteiger charge is -2.24. The fourth-order valence-corrected chi connectivity index (χ4v) is 7.26. The Morgan fingerprint density at radius 3 is 2.41 bits per heavy atom. The van der Waals surface area contributed by atoms with Crippen LogP contribution in [0, 0.1) is 0 Å². The third-order valence-electron chi connectivity index (χ3n) is 4.41. The molecule has 4 rings (SSSR count). The summed E-state index contributed by atoms with van der Waals surface area (Å²) >= 11 is 1.37. The van der Waals surface area contributed by atoms with Gasteiger partial charge in [0.1, 0.15) is 11.5 Å². The van der Waals surface area contributed by atoms with Crippen LogP contribution in [-0.2, 0) is 14.6 Å². The van der Waals surface area contributed by atoms with E-state index in [0.717, 1.165) is 11.4 Å². The number of fused-ring (bicyclic) bond motifs is 1. The molecule has 2 aromatic rings. The number of anilines is 1. The number of para-hydroxylation sites is 1. The van der Waals surface area contributed by atoms with Gasteiger partial charge in [0.2, 0.25) is 5.91 Å². The number of carbonyl (C=O) groups is 1. The molecule has 0 unspecified atom stereocenters. The van der Waals surface area contributed by atoms with Crippen LogP contribution in [0.1, 0.15) is 6.92 Å². The number of nitrogens with zero attached hydrogens (tertiary/aromatic N) is 2. The van der Waals surface area contributed by atoms with Crippen LogP contribution in [0.15, 0.2) is 59.6 Å². The first-order valence-corrected chi connectivity index (χ1v) is 11.2. The van der Waals surface area contributed by atoms with E-state index in [1.54, 1.807) is 0 Å². The van der Waals surface area contributed by atoms with Gasteiger partial charge in [0, 0.05) is 17.9 Å². The van der Waals surface area contributed by atoms with Crippen LogP contribution in [0.3, 0.4) is 0 Å². The summed E-state index contributed by atoms with van der Waals surface area (Å²) in [6, 6.07) is 16.6. The average Bonchev–Trinajstić information content (AvgIpc) is 3.07. The minimum Gasteiger partial charge on any atom is -0.457 e. The van der Waals surface area contributed by atoms with E-state index >= 15 is 0 Å². The minimum absolute atomic E-state index is 0.0733. The van der Waals surface area contributed by atoms with Gasteiger partial charge in [-0.2, -0.15) is 4.99 Å². The van der Waals surface area contributed by atoms with Crippen LogP contribution in [0.2, 0.25) is 0 Å². The van der Waals surface area contributed by atoms with Crippen molar-refractivity contribution in [1.29, 1.82) is 0 Å². The molecule has 0 bridgehead atoms. The van der Waals surface area contributed by atoms with Gasteiger partial charge in [-0.05, 0) is 36.4 Å². The van der Waals surface area contributed by atoms with Crippen molar-refractivity contribution in [2.45, 2.75) is 18.2 Å². The molecule has 140 valence electrons. The van der Waals surface area contributed by atoms with E-state index in [4.69, 9.17) is 4.74 Å². The smallest absolute Gasteiger partial charge is 0.244 e. The number of hydrogen-bond donors (Lipinski definition) is 0. The molecule has 2 aliphatic rings. The highest BCUT2D eigenvalue weighted by atomic mass is 32.2. The third-order valence-corrected chi connectivity index (χ3v) is 7.62. The Bertz CT molecular complexity index is 988. The van der Waals surface area contributed by atoms with E-state index in [-0.39, 0.29) is 28.7 Å². The Labute approximate surface area is 162 Å². The van der Waals surface area contributed by atoms with Crippen LogP contribution in [0.5, 0.6) is 11.5 Å². The molecule has 0 radical (unpaired) electrons. The van der Waals surface area contributed by atoms with Gasteiger partial charge in [0.15, 0.2) is 15.0 Å². The lowest BCUT2D eigenvalue weighted by atomic mass is 10.2. The van der Waals surface area contributed by atoms with Crippen molar-refractivity contribution < 1.29 is 17.9 Å². The monoisotopic (exact) mass is 402 g/mol. The summed E-state index contributed by atoms with van der Waals surface area (Å²) < 4.78 is 29.9. The number of amides is 1. The summed E-state index contributed by atoms with van der Waals surface area (Å²) in [6.45, 7) is 1.40. The van der Waals surface area contributed by atoms with Crippen LogP contribution in [0.25, 0.3) is 0 Å². The summed E-state index contributed by atoms with van der Waals surface area (Å²) in [6.07, 6.45) is 0. The van der Waals surface area contributed by atoms with Gasteiger partial charge in [-0.25, -0.2) is 8.42 Å². The van der Waals surface area contributed by atoms with E-state index in [1.165, 1.54) is 18.7 Å². The van der Waals surface area contributed by atoms with Gasteiger partial charge < -0.3 is 9.64 Å². The molecule has 0 N–H and O–H groups in total. The second-order valence-electron chi connectivity index (χ2n) is 6.49. The molecule has 0 saturated carbocycles. The maximum Gasteiger partial charge on any atom is 0.244 e. The topological polar surface area (TPSA) is 76.0 Å². The molecule has 2 aromatic carbocycles. The zero-order valence-electron chi connectivity index (χ0n) is 14.6. The van der Waals surface area contributed by atoms with Crippen molar-refractivity contribution in [3.8, 4) is 11.5 Å². The SMILES string of the molecule is CC(=O)N=C1S[C@@H]2CS(=O)(=O)C[C@@H]2N1c1ccc(Oc2ccccc2)cc1. The van der Waals surface area contributed by atoms with Gasteiger partial charge >= 0.3 is 0 Å². The first-order valence-electron chi connectivity index (χ1n) is 8.50. The highest BCUT2D eigenvalue weighted by Gasteiger charge is 2.49. The quantitative estimate of drug-likeness (QED) is 0.785. The van der Waals surface area contributed by atoms with Gasteiger partial charge in [0.05, 0.1) is 17.5 Å². The predicted octanol–water partition coefficient (Wildman–Crippen LogP) is 3.10. The highest BCUT2D eigenvalue weighted by molar-refractivity contribution is 8.16. The average molecular weight is 402 g/mol. The molecular formula is C19H18N2O4S2. The molecule has 0 spiro atoms. The molecule has 2 fully saturated rings. The summed E-state index contributed by atoms with van der Waals surface area (Å²) in [7, 11) is -3.07. The van der Waals surface area contributed by atoms with E-state index in [1.807, 2.05) is 59.5 Å². The van der Waals surface area contributed by atoms with Crippen LogP contribution in [-0.4, -0.2) is 42.3 Å².